The van der Waals surface area contributed by atoms with Crippen molar-refractivity contribution in [3.63, 3.8) is 0 Å². The van der Waals surface area contributed by atoms with Gasteiger partial charge in [-0.3, -0.25) is 0 Å². The van der Waals surface area contributed by atoms with Crippen LogP contribution in [0, 0.1) is 20.8 Å². The maximum Gasteiger partial charge on any atom is 0.333 e. The van der Waals surface area contributed by atoms with E-state index in [9.17, 15) is 9.90 Å². The normalized spacial score (nSPS) is 12.8. The molecule has 6 nitrogen and oxygen atoms in total. The van der Waals surface area contributed by atoms with Crippen LogP contribution < -0.4 is 4.74 Å². The zero-order valence-corrected chi connectivity index (χ0v) is 18.6. The van der Waals surface area contributed by atoms with Crippen LogP contribution in [0.4, 0.5) is 0 Å². The van der Waals surface area contributed by atoms with Crippen LogP contribution >= 0.6 is 0 Å². The second kappa shape index (κ2) is 9.44. The number of aromatic nitrogens is 1. The molecule has 0 aliphatic carbocycles. The Bertz CT molecular complexity index is 824. The van der Waals surface area contributed by atoms with Crippen LogP contribution in [0.5, 0.6) is 5.75 Å². The molecule has 0 saturated carbocycles. The van der Waals surface area contributed by atoms with Crippen molar-refractivity contribution in [2.45, 2.75) is 72.8 Å². The summed E-state index contributed by atoms with van der Waals surface area (Å²) in [6, 6.07) is 3.94. The highest BCUT2D eigenvalue weighted by atomic mass is 16.5. The molecule has 0 saturated heterocycles. The molecular formula is C23H33NO5. The molecule has 1 heterocycles. The van der Waals surface area contributed by atoms with Gasteiger partial charge in [0.05, 0.1) is 12.3 Å². The van der Waals surface area contributed by atoms with E-state index in [2.05, 4.69) is 25.8 Å². The molecule has 1 atom stereocenters. The first-order chi connectivity index (χ1) is 13.5. The minimum atomic E-state index is -0.944. The van der Waals surface area contributed by atoms with Gasteiger partial charge in [-0.2, -0.15) is 0 Å². The van der Waals surface area contributed by atoms with E-state index < -0.39 is 12.1 Å². The number of aryl methyl sites for hydroxylation is 3. The Morgan fingerprint density at radius 2 is 1.83 bits per heavy atom. The van der Waals surface area contributed by atoms with E-state index >= 15 is 0 Å². The maximum absolute atomic E-state index is 11.3. The molecule has 160 valence electrons. The van der Waals surface area contributed by atoms with Gasteiger partial charge in [0.2, 0.25) is 0 Å². The highest BCUT2D eigenvalue weighted by Gasteiger charge is 2.22. The Kier molecular flexibility index (Phi) is 7.47. The van der Waals surface area contributed by atoms with Crippen LogP contribution in [-0.2, 0) is 27.8 Å². The summed E-state index contributed by atoms with van der Waals surface area (Å²) in [7, 11) is 0. The van der Waals surface area contributed by atoms with Gasteiger partial charge in [-0.1, -0.05) is 32.9 Å². The third-order valence-corrected chi connectivity index (χ3v) is 4.70. The Morgan fingerprint density at radius 3 is 2.31 bits per heavy atom. The van der Waals surface area contributed by atoms with Crippen molar-refractivity contribution in [3.8, 4) is 5.75 Å². The number of oxazole rings is 1. The molecule has 2 rings (SSSR count). The maximum atomic E-state index is 11.3. The number of carbonyl (C=O) groups is 1. The van der Waals surface area contributed by atoms with Crippen molar-refractivity contribution in [2.75, 3.05) is 13.2 Å². The third kappa shape index (κ3) is 6.07. The van der Waals surface area contributed by atoms with E-state index in [4.69, 9.17) is 13.9 Å². The van der Waals surface area contributed by atoms with Gasteiger partial charge in [0.15, 0.2) is 12.0 Å². The molecule has 0 bridgehead atoms. The fraction of sp³-hybridized carbons (Fsp3) is 0.565. The fourth-order valence-corrected chi connectivity index (χ4v) is 3.25. The molecule has 2 aromatic rings. The van der Waals surface area contributed by atoms with E-state index in [1.807, 2.05) is 32.9 Å². The molecule has 0 aliphatic heterocycles. The van der Waals surface area contributed by atoms with Crippen molar-refractivity contribution in [3.05, 3.63) is 46.2 Å². The number of hydrogen-bond donors (Lipinski definition) is 1. The highest BCUT2D eigenvalue weighted by molar-refractivity contribution is 5.72. The van der Waals surface area contributed by atoms with E-state index in [1.54, 1.807) is 6.92 Å². The number of benzene rings is 1. The predicted octanol–water partition coefficient (Wildman–Crippen LogP) is 4.55. The lowest BCUT2D eigenvalue weighted by atomic mass is 9.97. The van der Waals surface area contributed by atoms with Gasteiger partial charge in [0.1, 0.15) is 11.5 Å². The smallest absolute Gasteiger partial charge is 0.333 e. The van der Waals surface area contributed by atoms with Crippen molar-refractivity contribution in [1.82, 2.24) is 4.98 Å². The molecule has 0 fully saturated rings. The summed E-state index contributed by atoms with van der Waals surface area (Å²) in [5.74, 6) is 1.45. The first-order valence-corrected chi connectivity index (χ1v) is 10.1. The summed E-state index contributed by atoms with van der Waals surface area (Å²) in [4.78, 5) is 16.0. The second-order valence-corrected chi connectivity index (χ2v) is 8.42. The Morgan fingerprint density at radius 1 is 1.21 bits per heavy atom. The van der Waals surface area contributed by atoms with E-state index in [1.165, 1.54) is 0 Å². The molecule has 0 spiro atoms. The molecule has 29 heavy (non-hydrogen) atoms. The number of rotatable bonds is 9. The molecule has 0 aliphatic rings. The largest absolute Gasteiger partial charge is 0.493 e. The van der Waals surface area contributed by atoms with Crippen LogP contribution in [0.25, 0.3) is 0 Å². The lowest BCUT2D eigenvalue weighted by Gasteiger charge is -2.16. The van der Waals surface area contributed by atoms with Crippen LogP contribution in [0.1, 0.15) is 61.7 Å². The fourth-order valence-electron chi connectivity index (χ4n) is 3.25. The zero-order chi connectivity index (χ0) is 21.8. The second-order valence-electron chi connectivity index (χ2n) is 8.42. The van der Waals surface area contributed by atoms with Crippen LogP contribution in [0.2, 0.25) is 0 Å². The topological polar surface area (TPSA) is 81.8 Å². The van der Waals surface area contributed by atoms with Gasteiger partial charge in [-0.15, -0.1) is 0 Å². The van der Waals surface area contributed by atoms with E-state index in [0.717, 1.165) is 39.8 Å². The van der Waals surface area contributed by atoms with Crippen LogP contribution in [0.3, 0.4) is 0 Å². The summed E-state index contributed by atoms with van der Waals surface area (Å²) in [5, 5.41) is 9.29. The number of hydrogen-bond acceptors (Lipinski definition) is 5. The van der Waals surface area contributed by atoms with Crippen LogP contribution in [0.15, 0.2) is 16.5 Å². The van der Waals surface area contributed by atoms with Crippen molar-refractivity contribution >= 4 is 5.97 Å². The predicted molar refractivity (Wildman–Crippen MR) is 112 cm³/mol. The number of carboxylic acid groups (broad SMARTS) is 1. The summed E-state index contributed by atoms with van der Waals surface area (Å²) < 4.78 is 17.2. The zero-order valence-electron chi connectivity index (χ0n) is 18.6. The average molecular weight is 404 g/mol. The summed E-state index contributed by atoms with van der Waals surface area (Å²) in [6.07, 6.45) is 0.161. The summed E-state index contributed by atoms with van der Waals surface area (Å²) in [5.41, 5.74) is 3.68. The highest BCUT2D eigenvalue weighted by Crippen LogP contribution is 2.27. The monoisotopic (exact) mass is 403 g/mol. The first kappa shape index (κ1) is 22.9. The van der Waals surface area contributed by atoms with Gasteiger partial charge in [0, 0.05) is 24.9 Å². The minimum absolute atomic E-state index is 0.123. The molecule has 0 radical (unpaired) electrons. The lowest BCUT2D eigenvalue weighted by molar-refractivity contribution is -0.149. The van der Waals surface area contributed by atoms with Gasteiger partial charge in [-0.05, 0) is 44.4 Å². The average Bonchev–Trinajstić information content (AvgIpc) is 2.98. The lowest BCUT2D eigenvalue weighted by Crippen LogP contribution is -2.26. The number of nitrogens with zero attached hydrogens (tertiary/aromatic N) is 1. The number of carboxylic acids is 1. The minimum Gasteiger partial charge on any atom is -0.493 e. The van der Waals surface area contributed by atoms with E-state index in [-0.39, 0.29) is 5.41 Å². The standard InChI is InChI=1S/C23H33NO5/c1-8-27-19(21(25)26)13-17-11-14(2)20(15(3)12-17)28-10-9-18-16(4)29-22(24-18)23(5,6)7/h11-12,19H,8-10,13H2,1-7H3,(H,25,26)/t19-/m0/s1. The summed E-state index contributed by atoms with van der Waals surface area (Å²) in [6.45, 7) is 14.8. The van der Waals surface area contributed by atoms with Crippen molar-refractivity contribution < 1.29 is 23.8 Å². The van der Waals surface area contributed by atoms with Gasteiger partial charge >= 0.3 is 5.97 Å². The Labute approximate surface area is 173 Å². The van der Waals surface area contributed by atoms with Gasteiger partial charge in [0.25, 0.3) is 0 Å². The molecule has 1 N–H and O–H groups in total. The molecule has 1 aromatic carbocycles. The molecule has 1 aromatic heterocycles. The van der Waals surface area contributed by atoms with Crippen molar-refractivity contribution in [2.24, 2.45) is 0 Å². The number of ether oxygens (including phenoxy) is 2. The first-order valence-electron chi connectivity index (χ1n) is 10.1. The van der Waals surface area contributed by atoms with Gasteiger partial charge < -0.3 is 19.0 Å². The molecule has 0 unspecified atom stereocenters. The SMILES string of the molecule is CCO[C@@H](Cc1cc(C)c(OCCc2nc(C(C)(C)C)oc2C)c(C)c1)C(=O)O. The molecule has 0 amide bonds. The van der Waals surface area contributed by atoms with Gasteiger partial charge in [-0.25, -0.2) is 9.78 Å². The van der Waals surface area contributed by atoms with Crippen molar-refractivity contribution in [1.29, 1.82) is 0 Å². The molecular weight excluding hydrogens is 370 g/mol. The van der Waals surface area contributed by atoms with E-state index in [0.29, 0.717) is 26.1 Å². The summed E-state index contributed by atoms with van der Waals surface area (Å²) >= 11 is 0. The third-order valence-electron chi connectivity index (χ3n) is 4.70. The Balaban J connectivity index is 2.05. The quantitative estimate of drug-likeness (QED) is 0.661. The Hall–Kier alpha value is -2.34. The number of aliphatic carboxylic acids is 1. The van der Waals surface area contributed by atoms with Crippen LogP contribution in [-0.4, -0.2) is 35.4 Å². The molecule has 6 heteroatoms.